The standard InChI is InChI=1S/C18H24N4O2/c1-11(2)8-17-20-16(21-24-17)10-22-12(3)9-14(18(19)23)13-6-4-5-7-15(13)22/h4-7,11-12,14H,8-10H2,1-3H3,(H2,19,23)/t12-,14+/m0/s1. The SMILES string of the molecule is CC(C)Cc1nc(CN2c3ccccc3[C@H](C(N)=O)C[C@@H]2C)no1. The van der Waals surface area contributed by atoms with Gasteiger partial charge < -0.3 is 15.2 Å². The van der Waals surface area contributed by atoms with Gasteiger partial charge in [0.2, 0.25) is 11.8 Å². The maximum atomic E-state index is 11.8. The Balaban J connectivity index is 1.86. The minimum Gasteiger partial charge on any atom is -0.369 e. The number of hydrogen-bond acceptors (Lipinski definition) is 5. The minimum absolute atomic E-state index is 0.171. The molecule has 0 saturated heterocycles. The maximum absolute atomic E-state index is 11.8. The van der Waals surface area contributed by atoms with Crippen molar-refractivity contribution in [1.82, 2.24) is 10.1 Å². The number of nitrogens with zero attached hydrogens (tertiary/aromatic N) is 3. The van der Waals surface area contributed by atoms with Crippen molar-refractivity contribution in [3.63, 3.8) is 0 Å². The third-order valence-corrected chi connectivity index (χ3v) is 4.48. The molecule has 0 bridgehead atoms. The lowest BCUT2D eigenvalue weighted by atomic mass is 9.85. The van der Waals surface area contributed by atoms with Crippen molar-refractivity contribution in [1.29, 1.82) is 0 Å². The normalized spacial score (nSPS) is 20.2. The fourth-order valence-corrected chi connectivity index (χ4v) is 3.33. The highest BCUT2D eigenvalue weighted by Gasteiger charge is 2.33. The molecule has 0 aliphatic carbocycles. The van der Waals surface area contributed by atoms with Gasteiger partial charge in [0.05, 0.1) is 12.5 Å². The van der Waals surface area contributed by atoms with Crippen LogP contribution in [0, 0.1) is 5.92 Å². The summed E-state index contributed by atoms with van der Waals surface area (Å²) in [5.41, 5.74) is 7.60. The number of amides is 1. The van der Waals surface area contributed by atoms with E-state index in [1.165, 1.54) is 0 Å². The van der Waals surface area contributed by atoms with Crippen molar-refractivity contribution in [2.24, 2.45) is 11.7 Å². The summed E-state index contributed by atoms with van der Waals surface area (Å²) in [6, 6.07) is 8.09. The molecule has 6 heteroatoms. The van der Waals surface area contributed by atoms with Crippen LogP contribution in [0.4, 0.5) is 5.69 Å². The van der Waals surface area contributed by atoms with Gasteiger partial charge in [0.25, 0.3) is 0 Å². The van der Waals surface area contributed by atoms with E-state index in [1.807, 2.05) is 24.3 Å². The average molecular weight is 328 g/mol. The van der Waals surface area contributed by atoms with Gasteiger partial charge in [-0.2, -0.15) is 4.98 Å². The molecule has 0 spiro atoms. The summed E-state index contributed by atoms with van der Waals surface area (Å²) in [7, 11) is 0. The number of aromatic nitrogens is 2. The van der Waals surface area contributed by atoms with Crippen LogP contribution in [-0.2, 0) is 17.8 Å². The van der Waals surface area contributed by atoms with E-state index in [1.54, 1.807) is 0 Å². The summed E-state index contributed by atoms with van der Waals surface area (Å²) in [6.45, 7) is 6.90. The van der Waals surface area contributed by atoms with E-state index < -0.39 is 0 Å². The quantitative estimate of drug-likeness (QED) is 0.912. The van der Waals surface area contributed by atoms with Crippen LogP contribution < -0.4 is 10.6 Å². The molecule has 1 amide bonds. The van der Waals surface area contributed by atoms with E-state index in [2.05, 4.69) is 35.8 Å². The highest BCUT2D eigenvalue weighted by Crippen LogP contribution is 2.38. The molecule has 0 fully saturated rings. The maximum Gasteiger partial charge on any atom is 0.226 e. The number of hydrogen-bond donors (Lipinski definition) is 1. The lowest BCUT2D eigenvalue weighted by molar-refractivity contribution is -0.119. The van der Waals surface area contributed by atoms with Crippen molar-refractivity contribution in [2.45, 2.75) is 52.1 Å². The van der Waals surface area contributed by atoms with E-state index in [-0.39, 0.29) is 17.9 Å². The Morgan fingerprint density at radius 1 is 1.42 bits per heavy atom. The second kappa shape index (κ2) is 6.63. The topological polar surface area (TPSA) is 85.3 Å². The fraction of sp³-hybridized carbons (Fsp3) is 0.500. The molecule has 128 valence electrons. The molecular weight excluding hydrogens is 304 g/mol. The first-order valence-electron chi connectivity index (χ1n) is 8.42. The molecule has 0 radical (unpaired) electrons. The number of fused-ring (bicyclic) bond motifs is 1. The molecule has 3 rings (SSSR count). The largest absolute Gasteiger partial charge is 0.369 e. The van der Waals surface area contributed by atoms with Crippen molar-refractivity contribution >= 4 is 11.6 Å². The molecular formula is C18H24N4O2. The fourth-order valence-electron chi connectivity index (χ4n) is 3.33. The summed E-state index contributed by atoms with van der Waals surface area (Å²) in [6.07, 6.45) is 1.48. The zero-order chi connectivity index (χ0) is 17.3. The van der Waals surface area contributed by atoms with Crippen molar-refractivity contribution in [2.75, 3.05) is 4.90 Å². The molecule has 2 heterocycles. The Hall–Kier alpha value is -2.37. The van der Waals surface area contributed by atoms with E-state index >= 15 is 0 Å². The monoisotopic (exact) mass is 328 g/mol. The molecule has 24 heavy (non-hydrogen) atoms. The average Bonchev–Trinajstić information content (AvgIpc) is 2.96. The number of benzene rings is 1. The minimum atomic E-state index is -0.271. The molecule has 0 saturated carbocycles. The predicted molar refractivity (Wildman–Crippen MR) is 91.5 cm³/mol. The first kappa shape index (κ1) is 16.5. The molecule has 2 N–H and O–H groups in total. The van der Waals surface area contributed by atoms with Crippen LogP contribution in [-0.4, -0.2) is 22.1 Å². The molecule has 1 aromatic heterocycles. The zero-order valence-electron chi connectivity index (χ0n) is 14.4. The van der Waals surface area contributed by atoms with Crippen LogP contribution in [0.25, 0.3) is 0 Å². The molecule has 0 unspecified atom stereocenters. The van der Waals surface area contributed by atoms with Gasteiger partial charge in [-0.05, 0) is 30.9 Å². The smallest absolute Gasteiger partial charge is 0.226 e. The summed E-state index contributed by atoms with van der Waals surface area (Å²) in [5.74, 6) is 1.31. The summed E-state index contributed by atoms with van der Waals surface area (Å²) in [4.78, 5) is 18.5. The lowest BCUT2D eigenvalue weighted by Gasteiger charge is -2.39. The molecule has 1 aliphatic heterocycles. The van der Waals surface area contributed by atoms with Crippen molar-refractivity contribution < 1.29 is 9.32 Å². The summed E-state index contributed by atoms with van der Waals surface area (Å²) in [5, 5.41) is 4.11. The molecule has 2 aromatic rings. The molecule has 2 atom stereocenters. The van der Waals surface area contributed by atoms with E-state index in [4.69, 9.17) is 10.3 Å². The van der Waals surface area contributed by atoms with Crippen LogP contribution >= 0.6 is 0 Å². The van der Waals surface area contributed by atoms with Crippen molar-refractivity contribution in [3.8, 4) is 0 Å². The van der Waals surface area contributed by atoms with Crippen LogP contribution in [0.3, 0.4) is 0 Å². The van der Waals surface area contributed by atoms with E-state index in [0.29, 0.717) is 30.6 Å². The Morgan fingerprint density at radius 3 is 2.88 bits per heavy atom. The van der Waals surface area contributed by atoms with Gasteiger partial charge >= 0.3 is 0 Å². The van der Waals surface area contributed by atoms with Gasteiger partial charge in [-0.1, -0.05) is 37.2 Å². The highest BCUT2D eigenvalue weighted by molar-refractivity contribution is 5.85. The number of primary amides is 1. The number of rotatable bonds is 5. The first-order chi connectivity index (χ1) is 11.5. The third-order valence-electron chi connectivity index (χ3n) is 4.48. The molecule has 1 aliphatic rings. The van der Waals surface area contributed by atoms with Gasteiger partial charge in [0, 0.05) is 18.2 Å². The lowest BCUT2D eigenvalue weighted by Crippen LogP contribution is -2.41. The van der Waals surface area contributed by atoms with Gasteiger partial charge in [-0.15, -0.1) is 0 Å². The Bertz CT molecular complexity index is 725. The predicted octanol–water partition coefficient (Wildman–Crippen LogP) is 2.64. The highest BCUT2D eigenvalue weighted by atomic mass is 16.5. The Labute approximate surface area is 142 Å². The second-order valence-corrected chi connectivity index (χ2v) is 6.93. The number of nitrogens with two attached hydrogens (primary N) is 1. The van der Waals surface area contributed by atoms with Crippen LogP contribution in [0.15, 0.2) is 28.8 Å². The molecule has 1 aromatic carbocycles. The van der Waals surface area contributed by atoms with Crippen LogP contribution in [0.2, 0.25) is 0 Å². The van der Waals surface area contributed by atoms with Gasteiger partial charge in [-0.25, -0.2) is 0 Å². The summed E-state index contributed by atoms with van der Waals surface area (Å²) < 4.78 is 5.34. The number of carbonyl (C=O) groups excluding carboxylic acids is 1. The number of anilines is 1. The zero-order valence-corrected chi connectivity index (χ0v) is 14.4. The van der Waals surface area contributed by atoms with Gasteiger partial charge in [0.15, 0.2) is 5.82 Å². The third kappa shape index (κ3) is 3.27. The number of para-hydroxylation sites is 1. The Kier molecular flexibility index (Phi) is 4.55. The number of carbonyl (C=O) groups is 1. The Morgan fingerprint density at radius 2 is 2.17 bits per heavy atom. The molecule has 6 nitrogen and oxygen atoms in total. The van der Waals surface area contributed by atoms with E-state index in [0.717, 1.165) is 17.7 Å². The first-order valence-corrected chi connectivity index (χ1v) is 8.42. The van der Waals surface area contributed by atoms with Crippen LogP contribution in [0.5, 0.6) is 0 Å². The summed E-state index contributed by atoms with van der Waals surface area (Å²) >= 11 is 0. The second-order valence-electron chi connectivity index (χ2n) is 6.93. The van der Waals surface area contributed by atoms with Gasteiger partial charge in [0.1, 0.15) is 0 Å². The van der Waals surface area contributed by atoms with Gasteiger partial charge in [-0.3, -0.25) is 4.79 Å². The van der Waals surface area contributed by atoms with E-state index in [9.17, 15) is 4.79 Å². The van der Waals surface area contributed by atoms with Crippen molar-refractivity contribution in [3.05, 3.63) is 41.5 Å². The van der Waals surface area contributed by atoms with Crippen LogP contribution in [0.1, 0.15) is 50.4 Å².